The van der Waals surface area contributed by atoms with Crippen LogP contribution < -0.4 is 9.64 Å². The summed E-state index contributed by atoms with van der Waals surface area (Å²) in [6.45, 7) is 12.4. The molecule has 0 unspecified atom stereocenters. The number of hydrogen-bond acceptors (Lipinski definition) is 3. The number of para-hydroxylation sites is 2. The quantitative estimate of drug-likeness (QED) is 0.438. The summed E-state index contributed by atoms with van der Waals surface area (Å²) < 4.78 is 21.6. The molecular formula is C30H32FNO3. The van der Waals surface area contributed by atoms with Crippen molar-refractivity contribution in [2.24, 2.45) is 0 Å². The van der Waals surface area contributed by atoms with E-state index in [1.807, 2.05) is 36.4 Å². The number of anilines is 1. The number of likely N-dealkylation sites (N-methyl/N-ethyl adjacent to an activating group) is 1. The summed E-state index contributed by atoms with van der Waals surface area (Å²) in [5.41, 5.74) is 2.00. The van der Waals surface area contributed by atoms with Gasteiger partial charge in [-0.3, -0.25) is 4.79 Å². The lowest BCUT2D eigenvalue weighted by Crippen LogP contribution is -2.45. The second kappa shape index (κ2) is 7.33. The first-order valence-electron chi connectivity index (χ1n) is 12.0. The Hall–Kier alpha value is -3.34. The van der Waals surface area contributed by atoms with Crippen LogP contribution >= 0.6 is 0 Å². The van der Waals surface area contributed by atoms with Gasteiger partial charge < -0.3 is 14.7 Å². The zero-order valence-electron chi connectivity index (χ0n) is 21.4. The molecule has 0 radical (unpaired) electrons. The van der Waals surface area contributed by atoms with Gasteiger partial charge in [-0.25, -0.2) is 4.39 Å². The van der Waals surface area contributed by atoms with E-state index in [0.717, 1.165) is 22.3 Å². The molecule has 2 atom stereocenters. The maximum Gasteiger partial charge on any atom is 0.276 e. The van der Waals surface area contributed by atoms with Crippen molar-refractivity contribution in [2.45, 2.75) is 63.9 Å². The molecule has 0 saturated heterocycles. The molecule has 1 N–H and O–H groups in total. The predicted molar refractivity (Wildman–Crippen MR) is 136 cm³/mol. The number of aromatic hydroxyl groups is 1. The molecule has 2 heterocycles. The molecule has 0 aliphatic carbocycles. The van der Waals surface area contributed by atoms with Crippen LogP contribution in [0.5, 0.6) is 11.5 Å². The number of benzene rings is 3. The number of halogens is 1. The molecule has 4 nitrogen and oxygen atoms in total. The average molecular weight is 474 g/mol. The third kappa shape index (κ3) is 3.20. The van der Waals surface area contributed by atoms with E-state index in [2.05, 4.69) is 41.5 Å². The second-order valence-corrected chi connectivity index (χ2v) is 11.8. The summed E-state index contributed by atoms with van der Waals surface area (Å²) in [5, 5.41) is 11.3. The number of carbonyl (C=O) groups is 1. The van der Waals surface area contributed by atoms with E-state index in [1.165, 1.54) is 11.0 Å². The van der Waals surface area contributed by atoms with Gasteiger partial charge in [-0.2, -0.15) is 0 Å². The van der Waals surface area contributed by atoms with Crippen LogP contribution in [0.1, 0.15) is 75.3 Å². The molecule has 2 aliphatic heterocycles. The molecular weight excluding hydrogens is 441 g/mol. The van der Waals surface area contributed by atoms with Gasteiger partial charge in [-0.1, -0.05) is 84.0 Å². The first-order valence-corrected chi connectivity index (χ1v) is 12.0. The first-order chi connectivity index (χ1) is 16.3. The van der Waals surface area contributed by atoms with Crippen LogP contribution in [0.4, 0.5) is 10.1 Å². The van der Waals surface area contributed by atoms with Crippen molar-refractivity contribution >= 4 is 11.6 Å². The highest BCUT2D eigenvalue weighted by molar-refractivity contribution is 6.08. The summed E-state index contributed by atoms with van der Waals surface area (Å²) >= 11 is 0. The molecule has 1 amide bonds. The van der Waals surface area contributed by atoms with Crippen molar-refractivity contribution in [1.82, 2.24) is 0 Å². The molecule has 5 rings (SSSR count). The molecule has 0 aromatic heterocycles. The number of carbonyl (C=O) groups excluding carboxylic acids is 1. The Bertz CT molecular complexity index is 1330. The summed E-state index contributed by atoms with van der Waals surface area (Å²) in [6, 6.07) is 16.4. The Balaban J connectivity index is 1.87. The lowest BCUT2D eigenvalue weighted by Gasteiger charge is -2.33. The molecule has 3 aromatic carbocycles. The molecule has 182 valence electrons. The third-order valence-electron chi connectivity index (χ3n) is 7.33. The molecule has 1 spiro atoms. The summed E-state index contributed by atoms with van der Waals surface area (Å²) in [6.07, 6.45) is 0. The predicted octanol–water partition coefficient (Wildman–Crippen LogP) is 6.52. The van der Waals surface area contributed by atoms with Crippen LogP contribution in [0.15, 0.2) is 54.6 Å². The zero-order valence-corrected chi connectivity index (χ0v) is 21.4. The number of phenols is 1. The SMILES string of the molecule is CN1C(=O)[C@]2(Oc3ccccc3[C@H]2c2cc(C(C)(C)C)c(O)c(C(C)(C)C)c2)c2cccc(F)c21. The minimum Gasteiger partial charge on any atom is -0.507 e. The monoisotopic (exact) mass is 473 g/mol. The number of nitrogens with zero attached hydrogens (tertiary/aromatic N) is 1. The fourth-order valence-electron chi connectivity index (χ4n) is 5.64. The van der Waals surface area contributed by atoms with Crippen LogP contribution in [0.2, 0.25) is 0 Å². The number of ether oxygens (including phenoxy) is 1. The van der Waals surface area contributed by atoms with Gasteiger partial charge in [0.05, 0.1) is 11.6 Å². The smallest absolute Gasteiger partial charge is 0.276 e. The standard InChI is InChI=1S/C30H32FNO3/c1-28(2,3)20-15-17(16-21(26(20)33)29(4,5)6)24-18-11-8-9-14-23(18)35-30(24)19-12-10-13-22(31)25(19)32(7)27(30)34/h8-16,24,33H,1-7H3/t24-,30+/m1/s1. The van der Waals surface area contributed by atoms with Gasteiger partial charge in [0.25, 0.3) is 5.91 Å². The lowest BCUT2D eigenvalue weighted by atomic mass is 9.71. The maximum atomic E-state index is 15.0. The van der Waals surface area contributed by atoms with E-state index in [1.54, 1.807) is 19.2 Å². The van der Waals surface area contributed by atoms with Gasteiger partial charge in [-0.05, 0) is 39.7 Å². The Morgan fingerprint density at radius 1 is 0.943 bits per heavy atom. The second-order valence-electron chi connectivity index (χ2n) is 11.8. The van der Waals surface area contributed by atoms with Crippen LogP contribution in [0.3, 0.4) is 0 Å². The molecule has 0 saturated carbocycles. The highest BCUT2D eigenvalue weighted by Crippen LogP contribution is 2.60. The normalized spacial score (nSPS) is 21.3. The van der Waals surface area contributed by atoms with Crippen molar-refractivity contribution in [3.05, 3.63) is 88.2 Å². The van der Waals surface area contributed by atoms with E-state index in [4.69, 9.17) is 4.74 Å². The number of phenolic OH excluding ortho intramolecular Hbond substituents is 1. The maximum absolute atomic E-state index is 15.0. The fourth-order valence-corrected chi connectivity index (χ4v) is 5.64. The van der Waals surface area contributed by atoms with Gasteiger partial charge >= 0.3 is 0 Å². The van der Waals surface area contributed by atoms with Crippen LogP contribution in [-0.2, 0) is 21.2 Å². The van der Waals surface area contributed by atoms with Crippen molar-refractivity contribution in [1.29, 1.82) is 0 Å². The van der Waals surface area contributed by atoms with Crippen LogP contribution in [-0.4, -0.2) is 18.1 Å². The summed E-state index contributed by atoms with van der Waals surface area (Å²) in [7, 11) is 1.60. The summed E-state index contributed by atoms with van der Waals surface area (Å²) in [4.78, 5) is 15.4. The van der Waals surface area contributed by atoms with Crippen molar-refractivity contribution < 1.29 is 19.0 Å². The van der Waals surface area contributed by atoms with Crippen LogP contribution in [0, 0.1) is 5.82 Å². The highest BCUT2D eigenvalue weighted by Gasteiger charge is 2.62. The lowest BCUT2D eigenvalue weighted by molar-refractivity contribution is -0.132. The van der Waals surface area contributed by atoms with E-state index in [0.29, 0.717) is 11.3 Å². The molecule has 2 aliphatic rings. The zero-order chi connectivity index (χ0) is 25.5. The molecule has 35 heavy (non-hydrogen) atoms. The number of fused-ring (bicyclic) bond motifs is 3. The largest absolute Gasteiger partial charge is 0.507 e. The van der Waals surface area contributed by atoms with E-state index in [-0.39, 0.29) is 28.2 Å². The fraction of sp³-hybridized carbons (Fsp3) is 0.367. The number of rotatable bonds is 1. The average Bonchev–Trinajstić information content (AvgIpc) is 3.22. The minimum atomic E-state index is -1.43. The van der Waals surface area contributed by atoms with Crippen molar-refractivity contribution in [2.75, 3.05) is 11.9 Å². The Labute approximate surface area is 206 Å². The van der Waals surface area contributed by atoms with Crippen LogP contribution in [0.25, 0.3) is 0 Å². The molecule has 0 fully saturated rings. The number of amides is 1. The van der Waals surface area contributed by atoms with Gasteiger partial charge in [0.15, 0.2) is 0 Å². The third-order valence-corrected chi connectivity index (χ3v) is 7.33. The Morgan fingerprint density at radius 2 is 1.54 bits per heavy atom. The van der Waals surface area contributed by atoms with Gasteiger partial charge in [-0.15, -0.1) is 0 Å². The molecule has 5 heteroatoms. The minimum absolute atomic E-state index is 0.251. The number of hydrogen-bond donors (Lipinski definition) is 1. The molecule has 3 aromatic rings. The molecule has 0 bridgehead atoms. The van der Waals surface area contributed by atoms with E-state index in [9.17, 15) is 9.90 Å². The van der Waals surface area contributed by atoms with E-state index >= 15 is 4.39 Å². The van der Waals surface area contributed by atoms with Crippen molar-refractivity contribution in [3.8, 4) is 11.5 Å². The first kappa shape index (κ1) is 23.4. The van der Waals surface area contributed by atoms with Gasteiger partial charge in [0.1, 0.15) is 17.3 Å². The summed E-state index contributed by atoms with van der Waals surface area (Å²) in [5.74, 6) is -0.388. The Morgan fingerprint density at radius 3 is 2.14 bits per heavy atom. The van der Waals surface area contributed by atoms with Gasteiger partial charge in [0, 0.05) is 18.2 Å². The van der Waals surface area contributed by atoms with E-state index < -0.39 is 17.3 Å². The van der Waals surface area contributed by atoms with Crippen molar-refractivity contribution in [3.63, 3.8) is 0 Å². The highest BCUT2D eigenvalue weighted by atomic mass is 19.1. The topological polar surface area (TPSA) is 49.8 Å². The van der Waals surface area contributed by atoms with Gasteiger partial charge in [0.2, 0.25) is 5.60 Å². The Kier molecular flexibility index (Phi) is 4.90.